The van der Waals surface area contributed by atoms with Gasteiger partial charge in [-0.05, 0) is 67.4 Å². The maximum Gasteiger partial charge on any atom is 0.446 e. The number of rotatable bonds is 5. The van der Waals surface area contributed by atoms with Crippen molar-refractivity contribution in [1.29, 1.82) is 0 Å². The number of carboxylic acids is 1. The van der Waals surface area contributed by atoms with Crippen LogP contribution in [-0.4, -0.2) is 54.5 Å². The lowest BCUT2D eigenvalue weighted by Gasteiger charge is -2.45. The van der Waals surface area contributed by atoms with Crippen LogP contribution in [0.5, 0.6) is 0 Å². The third kappa shape index (κ3) is 4.78. The number of aliphatic carboxylic acids is 1. The minimum Gasteiger partial charge on any atom is -0.481 e. The average molecular weight is 515 g/mol. The molecule has 2 aromatic carbocycles. The summed E-state index contributed by atoms with van der Waals surface area (Å²) in [5.74, 6) is -2.20. The number of thioether (sulfide) groups is 1. The highest BCUT2D eigenvalue weighted by Crippen LogP contribution is 2.45. The van der Waals surface area contributed by atoms with Gasteiger partial charge in [-0.3, -0.25) is 4.79 Å². The molecule has 1 aliphatic heterocycles. The van der Waals surface area contributed by atoms with Crippen molar-refractivity contribution < 1.29 is 31.5 Å². The van der Waals surface area contributed by atoms with Gasteiger partial charge in [-0.1, -0.05) is 24.3 Å². The number of sulfonamides is 1. The first-order valence-corrected chi connectivity index (χ1v) is 13.1. The van der Waals surface area contributed by atoms with Gasteiger partial charge in [0.1, 0.15) is 5.25 Å². The first-order valence-electron chi connectivity index (χ1n) is 10.8. The number of hydrogen-bond acceptors (Lipinski definition) is 5. The van der Waals surface area contributed by atoms with Crippen LogP contribution in [0.2, 0.25) is 0 Å². The molecule has 0 radical (unpaired) electrons. The normalized spacial score (nSPS) is 25.9. The Bertz CT molecular complexity index is 1160. The van der Waals surface area contributed by atoms with Crippen LogP contribution < -0.4 is 4.90 Å². The van der Waals surface area contributed by atoms with Crippen LogP contribution in [0.25, 0.3) is 0 Å². The van der Waals surface area contributed by atoms with Crippen LogP contribution in [0.1, 0.15) is 30.2 Å². The number of carboxylic acid groups (broad SMARTS) is 1. The number of hydrogen-bond donors (Lipinski definition) is 1. The maximum absolute atomic E-state index is 13.8. The lowest BCUT2D eigenvalue weighted by atomic mass is 10.1. The molecule has 1 fully saturated rings. The Morgan fingerprint density at radius 1 is 1.03 bits per heavy atom. The summed E-state index contributed by atoms with van der Waals surface area (Å²) in [5.41, 5.74) is -2.39. The highest BCUT2D eigenvalue weighted by Gasteiger charge is 2.50. The Morgan fingerprint density at radius 3 is 2.18 bits per heavy atom. The van der Waals surface area contributed by atoms with Crippen molar-refractivity contribution in [2.45, 2.75) is 48.0 Å². The predicted octanol–water partition coefficient (Wildman–Crippen LogP) is 4.53. The van der Waals surface area contributed by atoms with Crippen molar-refractivity contribution in [3.63, 3.8) is 0 Å². The minimum atomic E-state index is -4.36. The average Bonchev–Trinajstić information content (AvgIpc) is 3.13. The van der Waals surface area contributed by atoms with E-state index in [0.717, 1.165) is 5.56 Å². The van der Waals surface area contributed by atoms with Crippen LogP contribution in [0.4, 0.5) is 18.9 Å². The lowest BCUT2D eigenvalue weighted by molar-refractivity contribution is -0.141. The summed E-state index contributed by atoms with van der Waals surface area (Å²) in [7, 11) is -4.00. The van der Waals surface area contributed by atoms with Gasteiger partial charge < -0.3 is 10.0 Å². The van der Waals surface area contributed by atoms with E-state index in [1.807, 2.05) is 4.90 Å². The van der Waals surface area contributed by atoms with Crippen molar-refractivity contribution in [3.8, 4) is 0 Å². The number of carbonyl (C=O) groups is 1. The molecular weight excluding hydrogens is 489 g/mol. The Balaban J connectivity index is 1.57. The zero-order chi connectivity index (χ0) is 24.8. The molecule has 4 atom stereocenters. The summed E-state index contributed by atoms with van der Waals surface area (Å²) in [6, 6.07) is 12.0. The number of halogens is 3. The Kier molecular flexibility index (Phi) is 6.65. The second kappa shape index (κ2) is 9.09. The number of fused-ring (bicyclic) bond motifs is 1. The fourth-order valence-corrected chi connectivity index (χ4v) is 8.27. The Hall–Kier alpha value is -2.24. The van der Waals surface area contributed by atoms with Gasteiger partial charge in [-0.15, -0.1) is 0 Å². The molecule has 34 heavy (non-hydrogen) atoms. The molecule has 11 heteroatoms. The fourth-order valence-electron chi connectivity index (χ4n) is 5.15. The topological polar surface area (TPSA) is 77.9 Å². The molecule has 1 heterocycles. The summed E-state index contributed by atoms with van der Waals surface area (Å²) >= 11 is -0.182. The number of benzene rings is 2. The second-order valence-corrected chi connectivity index (χ2v) is 11.9. The first kappa shape index (κ1) is 24.9. The van der Waals surface area contributed by atoms with E-state index in [9.17, 15) is 31.5 Å². The molecule has 0 aromatic heterocycles. The quantitative estimate of drug-likeness (QED) is 0.591. The van der Waals surface area contributed by atoms with Gasteiger partial charge in [0.05, 0.1) is 5.92 Å². The SMILES string of the molecule is CC1CN(c2ccc(SC(F)(F)F)cc2)CC(C)N1S(=O)(=O)[C@H]1c2ccccc2C[C@H]1C(=O)O. The number of anilines is 1. The van der Waals surface area contributed by atoms with Crippen LogP contribution in [0.15, 0.2) is 53.4 Å². The lowest BCUT2D eigenvalue weighted by Crippen LogP contribution is -2.59. The molecule has 2 aliphatic rings. The van der Waals surface area contributed by atoms with Gasteiger partial charge in [0.15, 0.2) is 0 Å². The fraction of sp³-hybridized carbons (Fsp3) is 0.435. The molecule has 0 saturated carbocycles. The standard InChI is InChI=1S/C23H25F3N2O4S2/c1-14-12-27(17-7-9-18(10-8-17)33-23(24,25)26)13-15(2)28(14)34(31,32)21-19-6-4-3-5-16(19)11-20(21)22(29)30/h3-10,14-15,20-21H,11-13H2,1-2H3,(H,29,30)/t14?,15?,20-,21+/m1/s1. The van der Waals surface area contributed by atoms with Crippen molar-refractivity contribution in [1.82, 2.24) is 4.31 Å². The van der Waals surface area contributed by atoms with Crippen LogP contribution in [0, 0.1) is 5.92 Å². The van der Waals surface area contributed by atoms with Gasteiger partial charge in [-0.25, -0.2) is 8.42 Å². The molecule has 2 unspecified atom stereocenters. The monoisotopic (exact) mass is 514 g/mol. The molecule has 2 aromatic rings. The molecular formula is C23H25F3N2O4S2. The predicted molar refractivity (Wildman–Crippen MR) is 124 cm³/mol. The smallest absolute Gasteiger partial charge is 0.446 e. The van der Waals surface area contributed by atoms with Gasteiger partial charge in [0.2, 0.25) is 10.0 Å². The van der Waals surface area contributed by atoms with Crippen molar-refractivity contribution in [2.75, 3.05) is 18.0 Å². The number of nitrogens with zero attached hydrogens (tertiary/aromatic N) is 2. The molecule has 1 aliphatic carbocycles. The summed E-state index contributed by atoms with van der Waals surface area (Å²) in [6.07, 6.45) is 0.167. The third-order valence-electron chi connectivity index (χ3n) is 6.37. The molecule has 0 spiro atoms. The molecule has 1 N–H and O–H groups in total. The number of alkyl halides is 3. The summed E-state index contributed by atoms with van der Waals surface area (Å²) < 4.78 is 66.9. The largest absolute Gasteiger partial charge is 0.481 e. The third-order valence-corrected chi connectivity index (χ3v) is 9.64. The van der Waals surface area contributed by atoms with Gasteiger partial charge in [0.25, 0.3) is 0 Å². The molecule has 1 saturated heterocycles. The van der Waals surface area contributed by atoms with Gasteiger partial charge in [0, 0.05) is 35.8 Å². The van der Waals surface area contributed by atoms with E-state index in [2.05, 4.69) is 0 Å². The highest BCUT2D eigenvalue weighted by atomic mass is 32.2. The second-order valence-electron chi connectivity index (χ2n) is 8.79. The van der Waals surface area contributed by atoms with E-state index in [1.54, 1.807) is 50.2 Å². The van der Waals surface area contributed by atoms with Crippen molar-refractivity contribution in [3.05, 3.63) is 59.7 Å². The zero-order valence-corrected chi connectivity index (χ0v) is 20.2. The molecule has 6 nitrogen and oxygen atoms in total. The Morgan fingerprint density at radius 2 is 1.62 bits per heavy atom. The summed E-state index contributed by atoms with van der Waals surface area (Å²) in [5, 5.41) is 8.61. The Labute approximate surface area is 200 Å². The number of piperazine rings is 1. The molecule has 0 bridgehead atoms. The highest BCUT2D eigenvalue weighted by molar-refractivity contribution is 8.00. The zero-order valence-electron chi connectivity index (χ0n) is 18.6. The van der Waals surface area contributed by atoms with E-state index in [-0.39, 0.29) is 23.1 Å². The van der Waals surface area contributed by atoms with Gasteiger partial charge in [-0.2, -0.15) is 17.5 Å². The van der Waals surface area contributed by atoms with Gasteiger partial charge >= 0.3 is 11.5 Å². The van der Waals surface area contributed by atoms with E-state index < -0.39 is 44.8 Å². The van der Waals surface area contributed by atoms with Crippen molar-refractivity contribution >= 4 is 33.4 Å². The summed E-state index contributed by atoms with van der Waals surface area (Å²) in [6.45, 7) is 4.21. The van der Waals surface area contributed by atoms with Crippen LogP contribution in [0.3, 0.4) is 0 Å². The molecule has 4 rings (SSSR count). The minimum absolute atomic E-state index is 0.0816. The summed E-state index contributed by atoms with van der Waals surface area (Å²) in [4.78, 5) is 14.0. The van der Waals surface area contributed by atoms with E-state index in [4.69, 9.17) is 0 Å². The van der Waals surface area contributed by atoms with Crippen LogP contribution in [-0.2, 0) is 21.2 Å². The van der Waals surface area contributed by atoms with Crippen LogP contribution >= 0.6 is 11.8 Å². The molecule has 0 amide bonds. The van der Waals surface area contributed by atoms with Crippen molar-refractivity contribution in [2.24, 2.45) is 5.92 Å². The van der Waals surface area contributed by atoms with E-state index in [1.165, 1.54) is 16.4 Å². The first-order chi connectivity index (χ1) is 15.9. The van der Waals surface area contributed by atoms with E-state index >= 15 is 0 Å². The molecule has 184 valence electrons. The van der Waals surface area contributed by atoms with E-state index in [0.29, 0.717) is 24.3 Å². The maximum atomic E-state index is 13.8.